The Bertz CT molecular complexity index is 75.6. The van der Waals surface area contributed by atoms with Crippen molar-refractivity contribution in [1.82, 2.24) is 0 Å². The van der Waals surface area contributed by atoms with Crippen LogP contribution in [0.4, 0.5) is 0 Å². The van der Waals surface area contributed by atoms with Gasteiger partial charge in [0.2, 0.25) is 0 Å². The fourth-order valence-electron chi connectivity index (χ4n) is 0.140. The molecule has 0 amide bonds. The molecule has 0 aliphatic rings. The maximum absolute atomic E-state index is 5.19. The molecule has 0 radical (unpaired) electrons. The first-order valence-corrected chi connectivity index (χ1v) is 1.98. The number of aliphatic imine (C=N–C) groups is 1. The van der Waals surface area contributed by atoms with Gasteiger partial charge in [-0.15, -0.1) is 0 Å². The highest BCUT2D eigenvalue weighted by atomic mass is 35.5. The van der Waals surface area contributed by atoms with Gasteiger partial charge in [-0.1, -0.05) is 18.2 Å². The minimum Gasteiger partial charge on any atom is -0.250 e. The molecule has 34 valence electrons. The van der Waals surface area contributed by atoms with Crippen LogP contribution in [0.3, 0.4) is 0 Å². The Hall–Kier alpha value is -0.300. The van der Waals surface area contributed by atoms with E-state index in [4.69, 9.17) is 11.6 Å². The molecule has 0 fully saturated rings. The summed E-state index contributed by atoms with van der Waals surface area (Å²) in [6, 6.07) is 0. The van der Waals surface area contributed by atoms with Crippen molar-refractivity contribution in [3.63, 3.8) is 0 Å². The van der Waals surface area contributed by atoms with Crippen LogP contribution >= 0.6 is 11.6 Å². The van der Waals surface area contributed by atoms with E-state index in [0.29, 0.717) is 5.16 Å². The van der Waals surface area contributed by atoms with Crippen LogP contribution in [-0.4, -0.2) is 6.21 Å². The van der Waals surface area contributed by atoms with E-state index in [1.165, 1.54) is 0 Å². The van der Waals surface area contributed by atoms with Gasteiger partial charge in [0.15, 0.2) is 0 Å². The van der Waals surface area contributed by atoms with Crippen molar-refractivity contribution in [3.05, 3.63) is 11.7 Å². The van der Waals surface area contributed by atoms with Gasteiger partial charge in [-0.2, -0.15) is 0 Å². The first-order chi connectivity index (χ1) is 2.77. The van der Waals surface area contributed by atoms with Crippen LogP contribution in [0.1, 0.15) is 6.92 Å². The van der Waals surface area contributed by atoms with Gasteiger partial charge >= 0.3 is 0 Å². The fraction of sp³-hybridized carbons (Fsp3) is 0.250. The van der Waals surface area contributed by atoms with Gasteiger partial charge in [0, 0.05) is 6.21 Å². The summed E-state index contributed by atoms with van der Waals surface area (Å²) in [4.78, 5) is 3.57. The molecule has 0 saturated carbocycles. The second-order valence-corrected chi connectivity index (χ2v) is 1.20. The zero-order valence-corrected chi connectivity index (χ0v) is 4.37. The maximum Gasteiger partial charge on any atom is 0.121 e. The average molecular weight is 104 g/mol. The molecule has 0 aliphatic heterocycles. The summed E-state index contributed by atoms with van der Waals surface area (Å²) in [6.07, 6.45) is 1.59. The van der Waals surface area contributed by atoms with Gasteiger partial charge in [0.05, 0.1) is 0 Å². The van der Waals surface area contributed by atoms with Crippen molar-refractivity contribution in [3.8, 4) is 0 Å². The van der Waals surface area contributed by atoms with Gasteiger partial charge in [0.1, 0.15) is 5.16 Å². The zero-order chi connectivity index (χ0) is 4.99. The lowest BCUT2D eigenvalue weighted by Crippen LogP contribution is -1.56. The molecule has 0 heterocycles. The molecule has 0 saturated heterocycles. The molecule has 0 bridgehead atoms. The van der Waals surface area contributed by atoms with Crippen molar-refractivity contribution in [1.29, 1.82) is 0 Å². The standard InChI is InChI=1S/C4H6ClN/c1-3-6-4(2)5/h3H,2H2,1H3/b6-3-. The lowest BCUT2D eigenvalue weighted by molar-refractivity contribution is 1.55. The fourth-order valence-corrected chi connectivity index (χ4v) is 0.238. The number of rotatable bonds is 1. The van der Waals surface area contributed by atoms with Gasteiger partial charge in [-0.25, -0.2) is 4.99 Å². The molecule has 0 aromatic heterocycles. The molecule has 0 atom stereocenters. The highest BCUT2D eigenvalue weighted by Crippen LogP contribution is 1.93. The molecule has 0 N–H and O–H groups in total. The van der Waals surface area contributed by atoms with E-state index >= 15 is 0 Å². The number of nitrogens with zero attached hydrogens (tertiary/aromatic N) is 1. The third kappa shape index (κ3) is 3.70. The number of halogens is 1. The number of hydrogen-bond acceptors (Lipinski definition) is 1. The SMILES string of the molecule is C=C(Cl)/N=C\C. The topological polar surface area (TPSA) is 12.4 Å². The number of hydrogen-bond donors (Lipinski definition) is 0. The molecule has 0 aliphatic carbocycles. The molecule has 0 rings (SSSR count). The Kier molecular flexibility index (Phi) is 2.77. The largest absolute Gasteiger partial charge is 0.250 e. The summed E-state index contributed by atoms with van der Waals surface area (Å²) >= 11 is 5.19. The third-order valence-corrected chi connectivity index (χ3v) is 0.367. The highest BCUT2D eigenvalue weighted by molar-refractivity contribution is 6.29. The van der Waals surface area contributed by atoms with Crippen molar-refractivity contribution in [2.24, 2.45) is 4.99 Å². The second-order valence-electron chi connectivity index (χ2n) is 0.764. The summed E-state index contributed by atoms with van der Waals surface area (Å²) < 4.78 is 0. The van der Waals surface area contributed by atoms with Gasteiger partial charge in [-0.3, -0.25) is 0 Å². The van der Waals surface area contributed by atoms with E-state index in [0.717, 1.165) is 0 Å². The van der Waals surface area contributed by atoms with Crippen LogP contribution in [0, 0.1) is 0 Å². The predicted octanol–water partition coefficient (Wildman–Crippen LogP) is 1.79. The Morgan fingerprint density at radius 1 is 2.00 bits per heavy atom. The highest BCUT2D eigenvalue weighted by Gasteiger charge is 1.67. The quantitative estimate of drug-likeness (QED) is 0.354. The summed E-state index contributed by atoms with van der Waals surface area (Å²) in [7, 11) is 0. The van der Waals surface area contributed by atoms with E-state index in [1.54, 1.807) is 13.1 Å². The van der Waals surface area contributed by atoms with E-state index < -0.39 is 0 Å². The smallest absolute Gasteiger partial charge is 0.121 e. The zero-order valence-electron chi connectivity index (χ0n) is 3.61. The molecule has 0 spiro atoms. The van der Waals surface area contributed by atoms with Gasteiger partial charge in [0.25, 0.3) is 0 Å². The normalized spacial score (nSPS) is 9.67. The van der Waals surface area contributed by atoms with Crippen LogP contribution in [-0.2, 0) is 0 Å². The second kappa shape index (κ2) is 2.91. The van der Waals surface area contributed by atoms with Crippen molar-refractivity contribution < 1.29 is 0 Å². The molecule has 1 nitrogen and oxygen atoms in total. The van der Waals surface area contributed by atoms with Crippen LogP contribution in [0.5, 0.6) is 0 Å². The van der Waals surface area contributed by atoms with E-state index in [-0.39, 0.29) is 0 Å². The van der Waals surface area contributed by atoms with Crippen LogP contribution in [0.2, 0.25) is 0 Å². The Morgan fingerprint density at radius 3 is 2.50 bits per heavy atom. The minimum atomic E-state index is 0.331. The first-order valence-electron chi connectivity index (χ1n) is 1.60. The van der Waals surface area contributed by atoms with Crippen molar-refractivity contribution in [2.75, 3.05) is 0 Å². The van der Waals surface area contributed by atoms with Crippen LogP contribution in [0.15, 0.2) is 16.7 Å². The van der Waals surface area contributed by atoms with Crippen LogP contribution < -0.4 is 0 Å². The van der Waals surface area contributed by atoms with E-state index in [9.17, 15) is 0 Å². The predicted molar refractivity (Wildman–Crippen MR) is 29.2 cm³/mol. The Morgan fingerprint density at radius 2 is 2.50 bits per heavy atom. The molecule has 0 aromatic rings. The summed E-state index contributed by atoms with van der Waals surface area (Å²) in [6.45, 7) is 5.10. The van der Waals surface area contributed by atoms with Crippen molar-refractivity contribution >= 4 is 17.8 Å². The van der Waals surface area contributed by atoms with Gasteiger partial charge in [-0.05, 0) is 6.92 Å². The summed E-state index contributed by atoms with van der Waals surface area (Å²) in [5.74, 6) is 0. The monoisotopic (exact) mass is 103 g/mol. The lowest BCUT2D eigenvalue weighted by atomic mass is 10.9. The molecule has 0 aromatic carbocycles. The van der Waals surface area contributed by atoms with Crippen LogP contribution in [0.25, 0.3) is 0 Å². The maximum atomic E-state index is 5.19. The van der Waals surface area contributed by atoms with Crippen molar-refractivity contribution in [2.45, 2.75) is 6.92 Å². The van der Waals surface area contributed by atoms with Gasteiger partial charge < -0.3 is 0 Å². The first kappa shape index (κ1) is 5.70. The Labute approximate surface area is 42.3 Å². The van der Waals surface area contributed by atoms with E-state index in [2.05, 4.69) is 11.6 Å². The molecular weight excluding hydrogens is 97.5 g/mol. The average Bonchev–Trinajstić information content (AvgIpc) is 1.35. The lowest BCUT2D eigenvalue weighted by Gasteiger charge is -1.73. The molecule has 0 unspecified atom stereocenters. The minimum absolute atomic E-state index is 0.331. The summed E-state index contributed by atoms with van der Waals surface area (Å²) in [5, 5.41) is 0.331. The Balaban J connectivity index is 3.30. The molecule has 6 heavy (non-hydrogen) atoms. The van der Waals surface area contributed by atoms with E-state index in [1.807, 2.05) is 0 Å². The summed E-state index contributed by atoms with van der Waals surface area (Å²) in [5.41, 5.74) is 0. The molecular formula is C4H6ClN. The third-order valence-electron chi connectivity index (χ3n) is 0.269. The molecule has 2 heteroatoms.